The van der Waals surface area contributed by atoms with Gasteiger partial charge in [-0.1, -0.05) is 29.3 Å². The highest BCUT2D eigenvalue weighted by Crippen LogP contribution is 2.28. The molecule has 0 bridgehead atoms. The zero-order valence-electron chi connectivity index (χ0n) is 12.3. The highest BCUT2D eigenvalue weighted by atomic mass is 32.2. The van der Waals surface area contributed by atoms with Crippen LogP contribution in [0.1, 0.15) is 16.7 Å². The predicted molar refractivity (Wildman–Crippen MR) is 86.7 cm³/mol. The maximum Gasteiger partial charge on any atom is 0.225 e. The number of nitrogens with one attached hydrogen (secondary N) is 2. The molecule has 0 radical (unpaired) electrons. The van der Waals surface area contributed by atoms with Gasteiger partial charge in [-0.2, -0.15) is 10.1 Å². The van der Waals surface area contributed by atoms with Crippen molar-refractivity contribution in [2.75, 3.05) is 12.4 Å². The van der Waals surface area contributed by atoms with Gasteiger partial charge in [0, 0.05) is 12.8 Å². The van der Waals surface area contributed by atoms with Crippen molar-refractivity contribution in [2.45, 2.75) is 24.6 Å². The van der Waals surface area contributed by atoms with Crippen molar-refractivity contribution in [3.05, 3.63) is 41.1 Å². The van der Waals surface area contributed by atoms with Gasteiger partial charge in [-0.05, 0) is 19.4 Å². The van der Waals surface area contributed by atoms with E-state index < -0.39 is 0 Å². The van der Waals surface area contributed by atoms with Gasteiger partial charge >= 0.3 is 0 Å². The van der Waals surface area contributed by atoms with Gasteiger partial charge in [0.1, 0.15) is 5.03 Å². The van der Waals surface area contributed by atoms with Crippen LogP contribution in [0.3, 0.4) is 0 Å². The summed E-state index contributed by atoms with van der Waals surface area (Å²) in [5, 5.41) is 11.8. The second kappa shape index (κ2) is 5.73. The second-order valence-corrected chi connectivity index (χ2v) is 5.98. The summed E-state index contributed by atoms with van der Waals surface area (Å²) in [4.78, 5) is 8.88. The van der Waals surface area contributed by atoms with Crippen LogP contribution in [0.4, 0.5) is 5.95 Å². The highest BCUT2D eigenvalue weighted by Gasteiger charge is 2.10. The lowest BCUT2D eigenvalue weighted by molar-refractivity contribution is 1.06. The molecule has 108 valence electrons. The molecule has 6 heteroatoms. The average Bonchev–Trinajstić information content (AvgIpc) is 2.91. The largest absolute Gasteiger partial charge is 0.357 e. The molecule has 2 N–H and O–H groups in total. The van der Waals surface area contributed by atoms with E-state index in [1.165, 1.54) is 16.7 Å². The lowest BCUT2D eigenvalue weighted by atomic mass is 10.1. The molecule has 3 aromatic rings. The normalized spacial score (nSPS) is 11.0. The van der Waals surface area contributed by atoms with Crippen molar-refractivity contribution in [1.29, 1.82) is 0 Å². The number of H-pyrrole nitrogens is 1. The number of hydrogen-bond acceptors (Lipinski definition) is 5. The van der Waals surface area contributed by atoms with Crippen LogP contribution in [0.5, 0.6) is 0 Å². The molecule has 0 saturated carbocycles. The van der Waals surface area contributed by atoms with Gasteiger partial charge in [-0.15, -0.1) is 11.8 Å². The van der Waals surface area contributed by atoms with E-state index in [1.54, 1.807) is 18.0 Å². The number of aromatic amines is 1. The Labute approximate surface area is 127 Å². The number of nitrogens with zero attached hydrogens (tertiary/aromatic N) is 3. The molecular weight excluding hydrogens is 282 g/mol. The SMILES string of the molecule is CNc1nc(SCc2cc(C)cc(C)c2)c2cn[nH]c2n1. The number of fused-ring (bicyclic) bond motifs is 1. The van der Waals surface area contributed by atoms with Crippen molar-refractivity contribution < 1.29 is 0 Å². The summed E-state index contributed by atoms with van der Waals surface area (Å²) in [6.07, 6.45) is 1.78. The van der Waals surface area contributed by atoms with Crippen LogP contribution < -0.4 is 5.32 Å². The van der Waals surface area contributed by atoms with Crippen molar-refractivity contribution in [3.8, 4) is 0 Å². The van der Waals surface area contributed by atoms with Crippen LogP contribution >= 0.6 is 11.8 Å². The molecular formula is C15H17N5S. The zero-order chi connectivity index (χ0) is 14.8. The fourth-order valence-corrected chi connectivity index (χ4v) is 3.26. The summed E-state index contributed by atoms with van der Waals surface area (Å²) in [6, 6.07) is 6.62. The lowest BCUT2D eigenvalue weighted by Crippen LogP contribution is -1.98. The molecule has 0 saturated heterocycles. The van der Waals surface area contributed by atoms with Crippen LogP contribution in [0.2, 0.25) is 0 Å². The Balaban J connectivity index is 1.89. The summed E-state index contributed by atoms with van der Waals surface area (Å²) in [5.74, 6) is 1.48. The summed E-state index contributed by atoms with van der Waals surface area (Å²) in [7, 11) is 1.82. The zero-order valence-corrected chi connectivity index (χ0v) is 13.1. The number of aromatic nitrogens is 4. The minimum atomic E-state index is 0.606. The predicted octanol–water partition coefficient (Wildman–Crippen LogP) is 3.30. The third kappa shape index (κ3) is 3.00. The molecule has 0 aliphatic heterocycles. The molecule has 1 aromatic carbocycles. The number of benzene rings is 1. The Morgan fingerprint density at radius 3 is 2.62 bits per heavy atom. The van der Waals surface area contributed by atoms with Crippen molar-refractivity contribution in [2.24, 2.45) is 0 Å². The maximum atomic E-state index is 4.53. The van der Waals surface area contributed by atoms with Crippen molar-refractivity contribution in [3.63, 3.8) is 0 Å². The van der Waals surface area contributed by atoms with E-state index in [2.05, 4.69) is 57.5 Å². The molecule has 0 aliphatic rings. The first-order valence-electron chi connectivity index (χ1n) is 6.74. The Morgan fingerprint density at radius 2 is 1.90 bits per heavy atom. The number of thioether (sulfide) groups is 1. The van der Waals surface area contributed by atoms with Gasteiger partial charge in [0.25, 0.3) is 0 Å². The fraction of sp³-hybridized carbons (Fsp3) is 0.267. The fourth-order valence-electron chi connectivity index (χ4n) is 2.33. The number of rotatable bonds is 4. The molecule has 0 unspecified atom stereocenters. The number of hydrogen-bond donors (Lipinski definition) is 2. The molecule has 0 spiro atoms. The first kappa shape index (κ1) is 13.9. The summed E-state index contributed by atoms with van der Waals surface area (Å²) < 4.78 is 0. The Bertz CT molecular complexity index is 761. The Hall–Kier alpha value is -2.08. The van der Waals surface area contributed by atoms with E-state index >= 15 is 0 Å². The smallest absolute Gasteiger partial charge is 0.225 e. The van der Waals surface area contributed by atoms with Crippen LogP contribution in [0.25, 0.3) is 11.0 Å². The molecule has 0 aliphatic carbocycles. The number of anilines is 1. The summed E-state index contributed by atoms with van der Waals surface area (Å²) in [6.45, 7) is 4.25. The number of aryl methyl sites for hydroxylation is 2. The summed E-state index contributed by atoms with van der Waals surface area (Å²) in [5.41, 5.74) is 4.64. The van der Waals surface area contributed by atoms with Crippen molar-refractivity contribution in [1.82, 2.24) is 20.2 Å². The van der Waals surface area contributed by atoms with Gasteiger partial charge in [0.15, 0.2) is 5.65 Å². The second-order valence-electron chi connectivity index (χ2n) is 5.02. The van der Waals surface area contributed by atoms with E-state index in [-0.39, 0.29) is 0 Å². The molecule has 21 heavy (non-hydrogen) atoms. The highest BCUT2D eigenvalue weighted by molar-refractivity contribution is 7.98. The van der Waals surface area contributed by atoms with Crippen LogP contribution in [-0.2, 0) is 5.75 Å². The topological polar surface area (TPSA) is 66.5 Å². The van der Waals surface area contributed by atoms with Crippen LogP contribution in [0, 0.1) is 13.8 Å². The van der Waals surface area contributed by atoms with E-state index in [0.717, 1.165) is 21.8 Å². The average molecular weight is 299 g/mol. The molecule has 2 aromatic heterocycles. The van der Waals surface area contributed by atoms with Gasteiger partial charge in [-0.3, -0.25) is 5.10 Å². The molecule has 3 rings (SSSR count). The third-order valence-electron chi connectivity index (χ3n) is 3.16. The van der Waals surface area contributed by atoms with Gasteiger partial charge < -0.3 is 5.32 Å². The minimum absolute atomic E-state index is 0.606. The lowest BCUT2D eigenvalue weighted by Gasteiger charge is -2.07. The first-order chi connectivity index (χ1) is 10.2. The molecule has 0 fully saturated rings. The minimum Gasteiger partial charge on any atom is -0.357 e. The molecule has 5 nitrogen and oxygen atoms in total. The van der Waals surface area contributed by atoms with Crippen molar-refractivity contribution >= 4 is 28.7 Å². The first-order valence-corrected chi connectivity index (χ1v) is 7.73. The third-order valence-corrected chi connectivity index (χ3v) is 4.22. The molecule has 2 heterocycles. The van der Waals surface area contributed by atoms with E-state index in [9.17, 15) is 0 Å². The van der Waals surface area contributed by atoms with Gasteiger partial charge in [0.2, 0.25) is 5.95 Å². The van der Waals surface area contributed by atoms with Crippen LogP contribution in [0.15, 0.2) is 29.4 Å². The van der Waals surface area contributed by atoms with Gasteiger partial charge in [-0.25, -0.2) is 4.98 Å². The standard InChI is InChI=1S/C15H17N5S/c1-9-4-10(2)6-11(5-9)8-21-14-12-7-17-20-13(12)18-15(16-3)19-14/h4-7H,8H2,1-3H3,(H2,16,17,18,19,20). The Morgan fingerprint density at radius 1 is 1.14 bits per heavy atom. The van der Waals surface area contributed by atoms with Gasteiger partial charge in [0.05, 0.1) is 11.6 Å². The quantitative estimate of drug-likeness (QED) is 0.571. The van der Waals surface area contributed by atoms with E-state index in [4.69, 9.17) is 0 Å². The Kier molecular flexibility index (Phi) is 3.79. The van der Waals surface area contributed by atoms with Crippen LogP contribution in [-0.4, -0.2) is 27.2 Å². The molecule has 0 atom stereocenters. The monoisotopic (exact) mass is 299 g/mol. The summed E-state index contributed by atoms with van der Waals surface area (Å²) >= 11 is 1.70. The maximum absolute atomic E-state index is 4.53. The molecule has 0 amide bonds. The van der Waals surface area contributed by atoms with E-state index in [1.807, 2.05) is 7.05 Å². The van der Waals surface area contributed by atoms with E-state index in [0.29, 0.717) is 5.95 Å².